The Morgan fingerprint density at radius 3 is 3.08 bits per heavy atom. The minimum Gasteiger partial charge on any atom is -0.261 e. The Balaban J connectivity index is 2.33. The number of para-hydroxylation sites is 1. The predicted octanol–water partition coefficient (Wildman–Crippen LogP) is 2.97. The Morgan fingerprint density at radius 2 is 2.25 bits per heavy atom. The van der Waals surface area contributed by atoms with Crippen LogP contribution in [0.15, 0.2) is 29.3 Å². The molecule has 0 saturated carbocycles. The first-order valence-corrected chi connectivity index (χ1v) is 4.52. The van der Waals surface area contributed by atoms with E-state index in [4.69, 9.17) is 0 Å². The summed E-state index contributed by atoms with van der Waals surface area (Å²) in [5.74, 6) is 0.653. The van der Waals surface area contributed by atoms with Crippen molar-refractivity contribution in [2.24, 2.45) is 10.9 Å². The van der Waals surface area contributed by atoms with Gasteiger partial charge in [0.25, 0.3) is 0 Å². The Labute approximate surface area is 73.1 Å². The molecule has 0 saturated heterocycles. The van der Waals surface area contributed by atoms with Gasteiger partial charge in [-0.1, -0.05) is 25.1 Å². The topological polar surface area (TPSA) is 12.4 Å². The van der Waals surface area contributed by atoms with Crippen LogP contribution in [0.3, 0.4) is 0 Å². The molecule has 1 aliphatic rings. The van der Waals surface area contributed by atoms with Crippen molar-refractivity contribution in [3.05, 3.63) is 29.8 Å². The number of rotatable bonds is 1. The first-order chi connectivity index (χ1) is 5.90. The summed E-state index contributed by atoms with van der Waals surface area (Å²) in [5.41, 5.74) is 2.55. The van der Waals surface area contributed by atoms with Gasteiger partial charge in [-0.3, -0.25) is 4.99 Å². The van der Waals surface area contributed by atoms with Crippen LogP contribution >= 0.6 is 0 Å². The van der Waals surface area contributed by atoms with E-state index in [-0.39, 0.29) is 0 Å². The second kappa shape index (κ2) is 3.10. The van der Waals surface area contributed by atoms with Crippen molar-refractivity contribution in [3.8, 4) is 0 Å². The smallest absolute Gasteiger partial charge is 0.0658 e. The lowest BCUT2D eigenvalue weighted by atomic mass is 9.94. The summed E-state index contributed by atoms with van der Waals surface area (Å²) in [7, 11) is 0. The molecule has 1 heteroatoms. The number of fused-ring (bicyclic) bond motifs is 1. The van der Waals surface area contributed by atoms with Crippen LogP contribution in [0.4, 0.5) is 5.69 Å². The SMILES string of the molecule is CCC1C=Nc2ccccc2C1. The summed E-state index contributed by atoms with van der Waals surface area (Å²) in [5, 5.41) is 0. The van der Waals surface area contributed by atoms with Crippen molar-refractivity contribution in [2.75, 3.05) is 0 Å². The van der Waals surface area contributed by atoms with Gasteiger partial charge in [-0.25, -0.2) is 0 Å². The van der Waals surface area contributed by atoms with E-state index in [0.29, 0.717) is 5.92 Å². The Hall–Kier alpha value is -1.11. The van der Waals surface area contributed by atoms with Gasteiger partial charge >= 0.3 is 0 Å². The van der Waals surface area contributed by atoms with E-state index in [2.05, 4.69) is 36.3 Å². The molecule has 12 heavy (non-hydrogen) atoms. The fraction of sp³-hybridized carbons (Fsp3) is 0.364. The van der Waals surface area contributed by atoms with E-state index < -0.39 is 0 Å². The molecule has 0 amide bonds. The molecule has 0 spiro atoms. The normalized spacial score (nSPS) is 20.6. The van der Waals surface area contributed by atoms with Crippen LogP contribution in [0.2, 0.25) is 0 Å². The molecule has 0 bridgehead atoms. The maximum absolute atomic E-state index is 4.42. The number of benzene rings is 1. The van der Waals surface area contributed by atoms with Gasteiger partial charge < -0.3 is 0 Å². The van der Waals surface area contributed by atoms with E-state index in [1.165, 1.54) is 12.0 Å². The van der Waals surface area contributed by atoms with E-state index in [1.54, 1.807) is 0 Å². The molecule has 0 fully saturated rings. The predicted molar refractivity (Wildman–Crippen MR) is 52.1 cm³/mol. The maximum atomic E-state index is 4.42. The maximum Gasteiger partial charge on any atom is 0.0658 e. The molecule has 1 unspecified atom stereocenters. The van der Waals surface area contributed by atoms with E-state index in [0.717, 1.165) is 12.1 Å². The summed E-state index contributed by atoms with van der Waals surface area (Å²) < 4.78 is 0. The van der Waals surface area contributed by atoms with Gasteiger partial charge in [0.05, 0.1) is 5.69 Å². The molecule has 1 heterocycles. The molecular formula is C11H13N. The highest BCUT2D eigenvalue weighted by atomic mass is 14.7. The highest BCUT2D eigenvalue weighted by molar-refractivity contribution is 5.70. The minimum absolute atomic E-state index is 0.653. The zero-order valence-corrected chi connectivity index (χ0v) is 7.33. The van der Waals surface area contributed by atoms with Crippen molar-refractivity contribution >= 4 is 11.9 Å². The van der Waals surface area contributed by atoms with Gasteiger partial charge in [0, 0.05) is 6.21 Å². The standard InChI is InChI=1S/C11H13N/c1-2-9-7-10-5-3-4-6-11(10)12-8-9/h3-6,8-9H,2,7H2,1H3. The first-order valence-electron chi connectivity index (χ1n) is 4.52. The second-order valence-corrected chi connectivity index (χ2v) is 3.28. The Bertz CT molecular complexity index is 302. The third-order valence-corrected chi connectivity index (χ3v) is 2.42. The van der Waals surface area contributed by atoms with Crippen molar-refractivity contribution < 1.29 is 0 Å². The van der Waals surface area contributed by atoms with Crippen LogP contribution in [-0.2, 0) is 6.42 Å². The molecule has 0 N–H and O–H groups in total. The largest absolute Gasteiger partial charge is 0.261 e. The third-order valence-electron chi connectivity index (χ3n) is 2.42. The van der Waals surface area contributed by atoms with Crippen LogP contribution in [0.25, 0.3) is 0 Å². The highest BCUT2D eigenvalue weighted by Crippen LogP contribution is 2.26. The number of hydrogen-bond donors (Lipinski definition) is 0. The molecule has 1 aromatic carbocycles. The minimum atomic E-state index is 0.653. The molecule has 1 aliphatic heterocycles. The molecule has 1 atom stereocenters. The summed E-state index contributed by atoms with van der Waals surface area (Å²) in [6.07, 6.45) is 4.44. The van der Waals surface area contributed by atoms with Gasteiger partial charge in [-0.15, -0.1) is 0 Å². The van der Waals surface area contributed by atoms with E-state index in [9.17, 15) is 0 Å². The zero-order chi connectivity index (χ0) is 8.39. The Morgan fingerprint density at radius 1 is 1.42 bits per heavy atom. The average Bonchev–Trinajstić information content (AvgIpc) is 2.17. The van der Waals surface area contributed by atoms with E-state index >= 15 is 0 Å². The zero-order valence-electron chi connectivity index (χ0n) is 7.33. The lowest BCUT2D eigenvalue weighted by Gasteiger charge is -2.16. The molecule has 0 aromatic heterocycles. The second-order valence-electron chi connectivity index (χ2n) is 3.28. The van der Waals surface area contributed by atoms with Crippen LogP contribution in [0, 0.1) is 5.92 Å². The number of hydrogen-bond acceptors (Lipinski definition) is 1. The van der Waals surface area contributed by atoms with Crippen molar-refractivity contribution in [2.45, 2.75) is 19.8 Å². The fourth-order valence-electron chi connectivity index (χ4n) is 1.58. The van der Waals surface area contributed by atoms with Gasteiger partial charge in [0.15, 0.2) is 0 Å². The van der Waals surface area contributed by atoms with Gasteiger partial charge in [-0.2, -0.15) is 0 Å². The van der Waals surface area contributed by atoms with Gasteiger partial charge in [0.2, 0.25) is 0 Å². The average molecular weight is 159 g/mol. The van der Waals surface area contributed by atoms with Crippen molar-refractivity contribution in [1.29, 1.82) is 0 Å². The molecule has 1 aromatic rings. The molecule has 2 rings (SSSR count). The molecule has 62 valence electrons. The molecule has 0 aliphatic carbocycles. The summed E-state index contributed by atoms with van der Waals surface area (Å²) in [4.78, 5) is 4.42. The van der Waals surface area contributed by atoms with Gasteiger partial charge in [0.1, 0.15) is 0 Å². The Kier molecular flexibility index (Phi) is 1.94. The quantitative estimate of drug-likeness (QED) is 0.597. The van der Waals surface area contributed by atoms with Crippen LogP contribution in [0.1, 0.15) is 18.9 Å². The summed E-state index contributed by atoms with van der Waals surface area (Å²) >= 11 is 0. The number of aliphatic imine (C=N–C) groups is 1. The molecular weight excluding hydrogens is 146 g/mol. The van der Waals surface area contributed by atoms with Crippen LogP contribution < -0.4 is 0 Å². The van der Waals surface area contributed by atoms with Crippen LogP contribution in [0.5, 0.6) is 0 Å². The van der Waals surface area contributed by atoms with Crippen molar-refractivity contribution in [1.82, 2.24) is 0 Å². The monoisotopic (exact) mass is 159 g/mol. The first kappa shape index (κ1) is 7.53. The third kappa shape index (κ3) is 1.27. The fourth-order valence-corrected chi connectivity index (χ4v) is 1.58. The highest BCUT2D eigenvalue weighted by Gasteiger charge is 2.11. The lowest BCUT2D eigenvalue weighted by Crippen LogP contribution is -2.08. The summed E-state index contributed by atoms with van der Waals surface area (Å²) in [6, 6.07) is 8.39. The molecule has 1 nitrogen and oxygen atoms in total. The van der Waals surface area contributed by atoms with Crippen LogP contribution in [-0.4, -0.2) is 6.21 Å². The van der Waals surface area contributed by atoms with Crippen molar-refractivity contribution in [3.63, 3.8) is 0 Å². The number of nitrogens with zero attached hydrogens (tertiary/aromatic N) is 1. The lowest BCUT2D eigenvalue weighted by molar-refractivity contribution is 0.667. The summed E-state index contributed by atoms with van der Waals surface area (Å²) in [6.45, 7) is 2.21. The molecule has 0 radical (unpaired) electrons. The van der Waals surface area contributed by atoms with E-state index in [1.807, 2.05) is 6.07 Å². The van der Waals surface area contributed by atoms with Gasteiger partial charge in [-0.05, 0) is 30.4 Å².